The molecule has 0 unspecified atom stereocenters. The van der Waals surface area contributed by atoms with E-state index < -0.39 is 31.6 Å². The van der Waals surface area contributed by atoms with Gasteiger partial charge in [0.15, 0.2) is 10.7 Å². The van der Waals surface area contributed by atoms with Crippen molar-refractivity contribution in [3.05, 3.63) is 47.1 Å². The molecule has 1 spiro atoms. The van der Waals surface area contributed by atoms with E-state index in [9.17, 15) is 12.8 Å². The average molecular weight is 471 g/mol. The summed E-state index contributed by atoms with van der Waals surface area (Å²) in [6.07, 6.45) is 5.81. The molecule has 1 aromatic carbocycles. The van der Waals surface area contributed by atoms with E-state index in [4.69, 9.17) is 11.6 Å². The predicted molar refractivity (Wildman–Crippen MR) is 117 cm³/mol. The smallest absolute Gasteiger partial charge is 0.268 e. The highest BCUT2D eigenvalue weighted by molar-refractivity contribution is 7.92. The third-order valence-corrected chi connectivity index (χ3v) is 8.10. The lowest BCUT2D eigenvalue weighted by molar-refractivity contribution is 0.0275. The summed E-state index contributed by atoms with van der Waals surface area (Å²) in [6.45, 7) is 1.26. The molecule has 1 aliphatic heterocycles. The van der Waals surface area contributed by atoms with Crippen molar-refractivity contribution in [1.29, 1.82) is 0 Å². The molecule has 4 rings (SSSR count). The van der Waals surface area contributed by atoms with Gasteiger partial charge in [-0.1, -0.05) is 30.5 Å². The molecule has 0 amide bonds. The average Bonchev–Trinajstić information content (AvgIpc) is 2.69. The number of hydrogen-bond donors (Lipinski definition) is 1. The van der Waals surface area contributed by atoms with Crippen molar-refractivity contribution >= 4 is 33.1 Å². The van der Waals surface area contributed by atoms with Crippen LogP contribution >= 0.6 is 11.6 Å². The van der Waals surface area contributed by atoms with Crippen LogP contribution in [0.4, 0.5) is 20.3 Å². The number of halogens is 3. The van der Waals surface area contributed by atoms with Crippen molar-refractivity contribution in [3.63, 3.8) is 0 Å². The number of sulfonamides is 1. The fraction of sp³-hybridized carbons (Fsp3) is 0.476. The van der Waals surface area contributed by atoms with Crippen LogP contribution in [-0.2, 0) is 10.0 Å². The maximum absolute atomic E-state index is 15.0. The number of hydrogen-bond acceptors (Lipinski definition) is 5. The SMILES string of the molecule is CN(C)[C@@H]1CCCCC12CN(c1cc(F)c(S(=O)(=O)Nc3ccccn3)c(F)c1Cl)C2. The molecule has 2 aliphatic rings. The Kier molecular flexibility index (Phi) is 5.87. The molecule has 1 saturated carbocycles. The van der Waals surface area contributed by atoms with E-state index in [1.54, 1.807) is 12.1 Å². The Balaban J connectivity index is 1.61. The fourth-order valence-electron chi connectivity index (χ4n) is 5.00. The molecule has 168 valence electrons. The van der Waals surface area contributed by atoms with Crippen LogP contribution in [0.25, 0.3) is 0 Å². The number of pyridine rings is 1. The Hall–Kier alpha value is -1.97. The fourth-order valence-corrected chi connectivity index (χ4v) is 6.48. The van der Waals surface area contributed by atoms with E-state index in [1.807, 2.05) is 4.90 Å². The number of aromatic nitrogens is 1. The summed E-state index contributed by atoms with van der Waals surface area (Å²) in [6, 6.07) is 5.94. The monoisotopic (exact) mass is 470 g/mol. The van der Waals surface area contributed by atoms with E-state index in [-0.39, 0.29) is 16.9 Å². The van der Waals surface area contributed by atoms with E-state index in [0.29, 0.717) is 19.1 Å². The molecule has 1 aromatic heterocycles. The van der Waals surface area contributed by atoms with Crippen LogP contribution in [0.3, 0.4) is 0 Å². The molecule has 10 heteroatoms. The van der Waals surface area contributed by atoms with Crippen molar-refractivity contribution in [3.8, 4) is 0 Å². The van der Waals surface area contributed by atoms with Gasteiger partial charge in [0.25, 0.3) is 10.0 Å². The van der Waals surface area contributed by atoms with Gasteiger partial charge >= 0.3 is 0 Å². The van der Waals surface area contributed by atoms with Gasteiger partial charge < -0.3 is 9.80 Å². The lowest BCUT2D eigenvalue weighted by Gasteiger charge is -2.59. The molecule has 1 atom stereocenters. The zero-order chi connectivity index (χ0) is 22.4. The third kappa shape index (κ3) is 3.99. The van der Waals surface area contributed by atoms with Crippen LogP contribution in [-0.4, -0.2) is 51.5 Å². The minimum absolute atomic E-state index is 0.0433. The highest BCUT2D eigenvalue weighted by Crippen LogP contribution is 2.49. The maximum atomic E-state index is 15.0. The second-order valence-electron chi connectivity index (χ2n) is 8.60. The van der Waals surface area contributed by atoms with Gasteiger partial charge in [-0.15, -0.1) is 0 Å². The normalized spacial score (nSPS) is 20.7. The Labute approximate surface area is 186 Å². The number of rotatable bonds is 5. The number of nitrogens with one attached hydrogen (secondary N) is 1. The van der Waals surface area contributed by atoms with E-state index in [2.05, 4.69) is 28.7 Å². The second kappa shape index (κ2) is 8.18. The molecule has 31 heavy (non-hydrogen) atoms. The maximum Gasteiger partial charge on any atom is 0.268 e. The Morgan fingerprint density at radius 1 is 1.26 bits per heavy atom. The van der Waals surface area contributed by atoms with Gasteiger partial charge in [-0.25, -0.2) is 22.2 Å². The van der Waals surface area contributed by atoms with Crippen LogP contribution in [0.5, 0.6) is 0 Å². The lowest BCUT2D eigenvalue weighted by atomic mass is 9.64. The summed E-state index contributed by atoms with van der Waals surface area (Å²) in [5.41, 5.74) is 0.241. The molecule has 1 aliphatic carbocycles. The molecular weight excluding hydrogens is 446 g/mol. The number of benzene rings is 1. The quantitative estimate of drug-likeness (QED) is 0.666. The first-order valence-electron chi connectivity index (χ1n) is 10.2. The Morgan fingerprint density at radius 2 is 2.00 bits per heavy atom. The molecule has 1 N–H and O–H groups in total. The second-order valence-corrected chi connectivity index (χ2v) is 10.6. The van der Waals surface area contributed by atoms with Gasteiger partial charge in [-0.2, -0.15) is 0 Å². The summed E-state index contributed by atoms with van der Waals surface area (Å²) in [4.78, 5) is 6.78. The van der Waals surface area contributed by atoms with E-state index >= 15 is 4.39 Å². The van der Waals surface area contributed by atoms with E-state index in [1.165, 1.54) is 18.7 Å². The Bertz CT molecular complexity index is 1080. The summed E-state index contributed by atoms with van der Waals surface area (Å²) in [5, 5.41) is -0.394. The summed E-state index contributed by atoms with van der Waals surface area (Å²) < 4.78 is 57.2. The first-order valence-corrected chi connectivity index (χ1v) is 12.0. The van der Waals surface area contributed by atoms with Gasteiger partial charge in [-0.05, 0) is 39.1 Å². The van der Waals surface area contributed by atoms with Gasteiger partial charge in [0.05, 0.1) is 5.69 Å². The Morgan fingerprint density at radius 3 is 2.65 bits per heavy atom. The minimum atomic E-state index is -4.55. The van der Waals surface area contributed by atoms with Gasteiger partial charge in [0.1, 0.15) is 16.7 Å². The van der Waals surface area contributed by atoms with Crippen molar-refractivity contribution in [1.82, 2.24) is 9.88 Å². The molecule has 0 radical (unpaired) electrons. The van der Waals surface area contributed by atoms with Crippen LogP contribution in [0.1, 0.15) is 25.7 Å². The highest BCUT2D eigenvalue weighted by Gasteiger charge is 2.51. The van der Waals surface area contributed by atoms with Gasteiger partial charge in [0.2, 0.25) is 0 Å². The predicted octanol–water partition coefficient (Wildman–Crippen LogP) is 4.12. The van der Waals surface area contributed by atoms with Crippen molar-refractivity contribution in [2.45, 2.75) is 36.6 Å². The minimum Gasteiger partial charge on any atom is -0.369 e. The molecule has 2 fully saturated rings. The first-order chi connectivity index (χ1) is 14.6. The molecule has 6 nitrogen and oxygen atoms in total. The van der Waals surface area contributed by atoms with Crippen molar-refractivity contribution in [2.75, 3.05) is 36.8 Å². The summed E-state index contributed by atoms with van der Waals surface area (Å²) >= 11 is 6.21. The standard InChI is InChI=1S/C21H25ClF2N4O2S/c1-27(2)16-7-3-5-9-21(16)12-28(13-21)15-11-14(23)20(19(24)18(15)22)31(29,30)26-17-8-4-6-10-25-17/h4,6,8,10-11,16H,3,5,7,9,12-13H2,1-2H3,(H,25,26)/t16-/m1/s1. The molecule has 0 bridgehead atoms. The third-order valence-electron chi connectivity index (χ3n) is 6.35. The van der Waals surface area contributed by atoms with Crippen LogP contribution in [0.2, 0.25) is 5.02 Å². The van der Waals surface area contributed by atoms with Gasteiger partial charge in [-0.3, -0.25) is 4.72 Å². The lowest BCUT2D eigenvalue weighted by Crippen LogP contribution is -2.66. The van der Waals surface area contributed by atoms with Crippen molar-refractivity contribution < 1.29 is 17.2 Å². The molecule has 2 aromatic rings. The molecule has 1 saturated heterocycles. The number of anilines is 2. The zero-order valence-corrected chi connectivity index (χ0v) is 19.0. The van der Waals surface area contributed by atoms with Crippen LogP contribution in [0, 0.1) is 17.0 Å². The largest absolute Gasteiger partial charge is 0.369 e. The summed E-state index contributed by atoms with van der Waals surface area (Å²) in [7, 11) is -0.434. The first kappa shape index (κ1) is 22.2. The molecule has 2 heterocycles. The summed E-state index contributed by atoms with van der Waals surface area (Å²) in [5.74, 6) is -2.53. The zero-order valence-electron chi connectivity index (χ0n) is 17.4. The topological polar surface area (TPSA) is 65.5 Å². The van der Waals surface area contributed by atoms with Crippen LogP contribution in [0.15, 0.2) is 35.4 Å². The van der Waals surface area contributed by atoms with E-state index in [0.717, 1.165) is 25.3 Å². The van der Waals surface area contributed by atoms with Crippen molar-refractivity contribution in [2.24, 2.45) is 5.41 Å². The number of nitrogens with zero attached hydrogens (tertiary/aromatic N) is 3. The highest BCUT2D eigenvalue weighted by atomic mass is 35.5. The van der Waals surface area contributed by atoms with Crippen LogP contribution < -0.4 is 9.62 Å². The van der Waals surface area contributed by atoms with Gasteiger partial charge in [0, 0.05) is 36.8 Å². The molecular formula is C21H25ClF2N4O2S.